The van der Waals surface area contributed by atoms with E-state index in [1.54, 1.807) is 31.2 Å². The number of alkyl halides is 3. The van der Waals surface area contributed by atoms with Crippen molar-refractivity contribution in [3.05, 3.63) is 41.5 Å². The van der Waals surface area contributed by atoms with E-state index in [-0.39, 0.29) is 0 Å². The number of aryl methyl sites for hydroxylation is 1. The van der Waals surface area contributed by atoms with E-state index in [1.165, 1.54) is 6.08 Å². The van der Waals surface area contributed by atoms with Crippen LogP contribution in [0.1, 0.15) is 17.5 Å². The molecule has 0 saturated heterocycles. The zero-order valence-corrected chi connectivity index (χ0v) is 12.9. The second-order valence-electron chi connectivity index (χ2n) is 4.85. The Hall–Kier alpha value is -2.31. The SMILES string of the molecule is COC(=O)C(C/C=C/c1ccccc1C)(C(=O)OC)C(F)(F)F. The van der Waals surface area contributed by atoms with E-state index in [2.05, 4.69) is 9.47 Å². The Morgan fingerprint density at radius 1 is 1.09 bits per heavy atom. The number of allylic oxidation sites excluding steroid dienone is 1. The van der Waals surface area contributed by atoms with Gasteiger partial charge < -0.3 is 9.47 Å². The third-order valence-electron chi connectivity index (χ3n) is 3.46. The first-order valence-corrected chi connectivity index (χ1v) is 6.66. The van der Waals surface area contributed by atoms with Crippen molar-refractivity contribution in [2.45, 2.75) is 19.5 Å². The molecule has 1 aromatic rings. The van der Waals surface area contributed by atoms with Gasteiger partial charge in [0.05, 0.1) is 14.2 Å². The molecule has 4 nitrogen and oxygen atoms in total. The number of carbonyl (C=O) groups is 2. The van der Waals surface area contributed by atoms with Crippen molar-refractivity contribution in [3.8, 4) is 0 Å². The van der Waals surface area contributed by atoms with Crippen molar-refractivity contribution >= 4 is 18.0 Å². The molecule has 0 atom stereocenters. The van der Waals surface area contributed by atoms with Gasteiger partial charge in [-0.1, -0.05) is 36.4 Å². The van der Waals surface area contributed by atoms with Crippen LogP contribution in [0.5, 0.6) is 0 Å². The molecule has 0 saturated carbocycles. The first kappa shape index (κ1) is 18.7. The van der Waals surface area contributed by atoms with E-state index in [4.69, 9.17) is 0 Å². The zero-order valence-electron chi connectivity index (χ0n) is 12.9. The lowest BCUT2D eigenvalue weighted by atomic mass is 9.83. The second kappa shape index (κ2) is 7.30. The maximum absolute atomic E-state index is 13.4. The fraction of sp³-hybridized carbons (Fsp3) is 0.375. The molecule has 0 bridgehead atoms. The van der Waals surface area contributed by atoms with E-state index < -0.39 is 30.0 Å². The summed E-state index contributed by atoms with van der Waals surface area (Å²) in [5, 5.41) is 0. The molecule has 0 amide bonds. The Kier molecular flexibility index (Phi) is 5.95. The van der Waals surface area contributed by atoms with Gasteiger partial charge in [-0.2, -0.15) is 13.2 Å². The molecular formula is C16H17F3O4. The molecule has 1 rings (SSSR count). The zero-order chi connectivity index (χ0) is 17.7. The van der Waals surface area contributed by atoms with Crippen molar-refractivity contribution in [3.63, 3.8) is 0 Å². The van der Waals surface area contributed by atoms with E-state index in [0.29, 0.717) is 5.56 Å². The third-order valence-corrected chi connectivity index (χ3v) is 3.46. The van der Waals surface area contributed by atoms with Crippen molar-refractivity contribution in [2.24, 2.45) is 5.41 Å². The molecule has 0 unspecified atom stereocenters. The standard InChI is InChI=1S/C16H17F3O4/c1-11-7-4-5-8-12(11)9-6-10-15(13(20)22-2,14(21)23-3)16(17,18)19/h4-9H,10H2,1-3H3/b9-6+. The number of hydrogen-bond donors (Lipinski definition) is 0. The minimum absolute atomic E-state index is 0.679. The Morgan fingerprint density at radius 2 is 1.61 bits per heavy atom. The summed E-state index contributed by atoms with van der Waals surface area (Å²) < 4.78 is 48.7. The van der Waals surface area contributed by atoms with Crippen molar-refractivity contribution in [1.82, 2.24) is 0 Å². The van der Waals surface area contributed by atoms with Gasteiger partial charge in [0.2, 0.25) is 0 Å². The van der Waals surface area contributed by atoms with Crippen LogP contribution in [0.4, 0.5) is 13.2 Å². The number of ether oxygens (including phenoxy) is 2. The summed E-state index contributed by atoms with van der Waals surface area (Å²) in [4.78, 5) is 23.4. The molecule has 0 aliphatic heterocycles. The molecule has 126 valence electrons. The molecule has 0 aliphatic carbocycles. The third kappa shape index (κ3) is 3.72. The van der Waals surface area contributed by atoms with Gasteiger partial charge in [-0.15, -0.1) is 0 Å². The molecule has 23 heavy (non-hydrogen) atoms. The van der Waals surface area contributed by atoms with Crippen LogP contribution in [0.2, 0.25) is 0 Å². The van der Waals surface area contributed by atoms with Crippen LogP contribution in [-0.2, 0) is 19.1 Å². The minimum atomic E-state index is -5.15. The van der Waals surface area contributed by atoms with Gasteiger partial charge in [0.25, 0.3) is 5.41 Å². The second-order valence-corrected chi connectivity index (χ2v) is 4.85. The van der Waals surface area contributed by atoms with E-state index in [1.807, 2.05) is 0 Å². The predicted molar refractivity (Wildman–Crippen MR) is 77.4 cm³/mol. The average molecular weight is 330 g/mol. The first-order chi connectivity index (χ1) is 10.7. The van der Waals surface area contributed by atoms with Crippen LogP contribution >= 0.6 is 0 Å². The van der Waals surface area contributed by atoms with Crippen LogP contribution in [0.15, 0.2) is 30.3 Å². The van der Waals surface area contributed by atoms with Crippen LogP contribution in [0.25, 0.3) is 6.08 Å². The number of methoxy groups -OCH3 is 2. The molecule has 0 aliphatic rings. The van der Waals surface area contributed by atoms with Gasteiger partial charge in [-0.3, -0.25) is 9.59 Å². The van der Waals surface area contributed by atoms with E-state index in [0.717, 1.165) is 25.9 Å². The highest BCUT2D eigenvalue weighted by Gasteiger charge is 2.67. The van der Waals surface area contributed by atoms with E-state index in [9.17, 15) is 22.8 Å². The van der Waals surface area contributed by atoms with Crippen LogP contribution in [-0.4, -0.2) is 32.3 Å². The lowest BCUT2D eigenvalue weighted by molar-refractivity contribution is -0.237. The number of benzene rings is 1. The molecule has 0 spiro atoms. The highest BCUT2D eigenvalue weighted by molar-refractivity contribution is 6.01. The van der Waals surface area contributed by atoms with Crippen LogP contribution in [0.3, 0.4) is 0 Å². The quantitative estimate of drug-likeness (QED) is 0.614. The topological polar surface area (TPSA) is 52.6 Å². The molecule has 0 radical (unpaired) electrons. The van der Waals surface area contributed by atoms with Gasteiger partial charge in [-0.05, 0) is 18.1 Å². The number of rotatable bonds is 5. The largest absolute Gasteiger partial charge is 0.468 e. The molecular weight excluding hydrogens is 313 g/mol. The number of hydrogen-bond acceptors (Lipinski definition) is 4. The summed E-state index contributed by atoms with van der Waals surface area (Å²) >= 11 is 0. The summed E-state index contributed by atoms with van der Waals surface area (Å²) in [6.07, 6.45) is -3.53. The number of halogens is 3. The fourth-order valence-electron chi connectivity index (χ4n) is 2.08. The van der Waals surface area contributed by atoms with Crippen molar-refractivity contribution in [2.75, 3.05) is 14.2 Å². The highest BCUT2D eigenvalue weighted by Crippen LogP contribution is 2.44. The van der Waals surface area contributed by atoms with Gasteiger partial charge >= 0.3 is 18.1 Å². The predicted octanol–water partition coefficient (Wildman–Crippen LogP) is 3.29. The van der Waals surface area contributed by atoms with Crippen LogP contribution in [0, 0.1) is 12.3 Å². The molecule has 1 aromatic carbocycles. The number of esters is 2. The molecule has 0 aromatic heterocycles. The lowest BCUT2D eigenvalue weighted by Gasteiger charge is -2.29. The van der Waals surface area contributed by atoms with Gasteiger partial charge in [0.15, 0.2) is 0 Å². The highest BCUT2D eigenvalue weighted by atomic mass is 19.4. The van der Waals surface area contributed by atoms with Crippen molar-refractivity contribution in [1.29, 1.82) is 0 Å². The summed E-state index contributed by atoms with van der Waals surface area (Å²) in [7, 11) is 1.58. The Balaban J connectivity index is 3.23. The monoisotopic (exact) mass is 330 g/mol. The Labute approximate surface area is 131 Å². The maximum Gasteiger partial charge on any atom is 0.415 e. The summed E-state index contributed by atoms with van der Waals surface area (Å²) in [6.45, 7) is 1.79. The first-order valence-electron chi connectivity index (χ1n) is 6.66. The average Bonchev–Trinajstić information content (AvgIpc) is 2.50. The van der Waals surface area contributed by atoms with E-state index >= 15 is 0 Å². The molecule has 0 N–H and O–H groups in total. The summed E-state index contributed by atoms with van der Waals surface area (Å²) in [5.74, 6) is -3.41. The normalized spacial score (nSPS) is 12.3. The Morgan fingerprint density at radius 3 is 2.04 bits per heavy atom. The lowest BCUT2D eigenvalue weighted by Crippen LogP contribution is -2.52. The number of carbonyl (C=O) groups excluding carboxylic acids is 2. The van der Waals surface area contributed by atoms with Crippen molar-refractivity contribution < 1.29 is 32.2 Å². The summed E-state index contributed by atoms with van der Waals surface area (Å²) in [5.41, 5.74) is -1.86. The van der Waals surface area contributed by atoms with Gasteiger partial charge in [0.1, 0.15) is 0 Å². The molecule has 0 fully saturated rings. The van der Waals surface area contributed by atoms with Gasteiger partial charge in [-0.25, -0.2) is 0 Å². The van der Waals surface area contributed by atoms with Gasteiger partial charge in [0, 0.05) is 6.42 Å². The maximum atomic E-state index is 13.4. The summed E-state index contributed by atoms with van der Waals surface area (Å²) in [6, 6.07) is 7.01. The molecule has 0 heterocycles. The van der Waals surface area contributed by atoms with Crippen LogP contribution < -0.4 is 0 Å². The minimum Gasteiger partial charge on any atom is -0.468 e. The molecule has 7 heteroatoms. The Bertz CT molecular complexity index is 590. The fourth-order valence-corrected chi connectivity index (χ4v) is 2.08. The smallest absolute Gasteiger partial charge is 0.415 e.